The maximum absolute atomic E-state index is 9.70. The highest BCUT2D eigenvalue weighted by Gasteiger charge is 2.36. The molecule has 2 aliphatic heterocycles. The van der Waals surface area contributed by atoms with Gasteiger partial charge in [-0.2, -0.15) is 20.0 Å². The lowest BCUT2D eigenvalue weighted by atomic mass is 9.98. The summed E-state index contributed by atoms with van der Waals surface area (Å²) in [6.07, 6.45) is 2.48. The second kappa shape index (κ2) is 9.55. The summed E-state index contributed by atoms with van der Waals surface area (Å²) in [6.45, 7) is 5.69. The Hall–Kier alpha value is -3.64. The molecule has 3 aromatic rings. The maximum atomic E-state index is 9.70. The first-order valence-corrected chi connectivity index (χ1v) is 11.9. The Balaban J connectivity index is 1.50. The summed E-state index contributed by atoms with van der Waals surface area (Å²) in [4.78, 5) is 13.3. The first-order chi connectivity index (χ1) is 17.0. The van der Waals surface area contributed by atoms with E-state index in [0.717, 1.165) is 25.2 Å². The summed E-state index contributed by atoms with van der Waals surface area (Å²) < 4.78 is 7.48. The third-order valence-corrected chi connectivity index (χ3v) is 6.85. The van der Waals surface area contributed by atoms with Gasteiger partial charge >= 0.3 is 0 Å². The fraction of sp³-hybridized carbons (Fsp3) is 0.435. The Kier molecular flexibility index (Phi) is 6.31. The van der Waals surface area contributed by atoms with Crippen LogP contribution in [0.2, 0.25) is 5.02 Å². The SMILES string of the molecule is CCNc1nc(Nc2cc(C#N)cc(N3CCC4C(C3)OCCN4C)c2Cl)nn2c(C#N)cnc12. The number of ether oxygens (including phenoxy) is 1. The quantitative estimate of drug-likeness (QED) is 0.547. The molecule has 2 unspecified atom stereocenters. The Morgan fingerprint density at radius 2 is 2.11 bits per heavy atom. The molecule has 0 spiro atoms. The molecule has 2 N–H and O–H groups in total. The Bertz CT molecular complexity index is 1340. The highest BCUT2D eigenvalue weighted by molar-refractivity contribution is 6.36. The molecule has 0 aliphatic carbocycles. The number of piperidine rings is 1. The number of hydrogen-bond donors (Lipinski definition) is 2. The molecule has 2 atom stereocenters. The van der Waals surface area contributed by atoms with Crippen molar-refractivity contribution in [2.75, 3.05) is 55.4 Å². The van der Waals surface area contributed by atoms with Crippen LogP contribution in [0.4, 0.5) is 23.1 Å². The van der Waals surface area contributed by atoms with Crippen molar-refractivity contribution >= 4 is 40.4 Å². The van der Waals surface area contributed by atoms with Gasteiger partial charge in [-0.1, -0.05) is 11.6 Å². The summed E-state index contributed by atoms with van der Waals surface area (Å²) in [6, 6.07) is 8.16. The van der Waals surface area contributed by atoms with Crippen molar-refractivity contribution in [2.24, 2.45) is 0 Å². The normalized spacial score (nSPS) is 20.2. The predicted octanol–water partition coefficient (Wildman–Crippen LogP) is 2.61. The van der Waals surface area contributed by atoms with Crippen molar-refractivity contribution in [2.45, 2.75) is 25.5 Å². The van der Waals surface area contributed by atoms with Crippen LogP contribution in [0.25, 0.3) is 5.65 Å². The molecule has 0 radical (unpaired) electrons. The van der Waals surface area contributed by atoms with Crippen LogP contribution in [0, 0.1) is 22.7 Å². The van der Waals surface area contributed by atoms with Crippen molar-refractivity contribution < 1.29 is 4.74 Å². The fourth-order valence-electron chi connectivity index (χ4n) is 4.72. The zero-order chi connectivity index (χ0) is 24.5. The molecular weight excluding hydrogens is 468 g/mol. The number of halogens is 1. The average molecular weight is 493 g/mol. The molecule has 0 bridgehead atoms. The third kappa shape index (κ3) is 4.30. The van der Waals surface area contributed by atoms with E-state index in [0.29, 0.717) is 53.5 Å². The van der Waals surface area contributed by atoms with E-state index in [-0.39, 0.29) is 17.7 Å². The van der Waals surface area contributed by atoms with Gasteiger partial charge in [-0.3, -0.25) is 4.90 Å². The molecule has 11 nitrogen and oxygen atoms in total. The molecular formula is C23H25ClN10O. The highest BCUT2D eigenvalue weighted by atomic mass is 35.5. The third-order valence-electron chi connectivity index (χ3n) is 6.46. The molecule has 35 heavy (non-hydrogen) atoms. The number of benzene rings is 1. The highest BCUT2D eigenvalue weighted by Crippen LogP contribution is 2.38. The number of morpholine rings is 1. The number of imidazole rings is 1. The van der Waals surface area contributed by atoms with Gasteiger partial charge in [-0.25, -0.2) is 4.98 Å². The van der Waals surface area contributed by atoms with Crippen LogP contribution in [-0.2, 0) is 4.74 Å². The summed E-state index contributed by atoms with van der Waals surface area (Å²) in [5, 5.41) is 30.3. The molecule has 2 aromatic heterocycles. The molecule has 4 heterocycles. The Morgan fingerprint density at radius 1 is 1.26 bits per heavy atom. The number of aromatic nitrogens is 4. The number of hydrogen-bond acceptors (Lipinski definition) is 10. The fourth-order valence-corrected chi connectivity index (χ4v) is 4.99. The van der Waals surface area contributed by atoms with Crippen LogP contribution in [-0.4, -0.2) is 76.5 Å². The number of nitrogens with zero attached hydrogens (tertiary/aromatic N) is 8. The van der Waals surface area contributed by atoms with Crippen molar-refractivity contribution in [3.8, 4) is 12.1 Å². The van der Waals surface area contributed by atoms with E-state index in [2.05, 4.69) is 54.7 Å². The van der Waals surface area contributed by atoms with Crippen molar-refractivity contribution in [1.82, 2.24) is 24.5 Å². The molecule has 1 aromatic carbocycles. The van der Waals surface area contributed by atoms with E-state index in [1.54, 1.807) is 12.1 Å². The van der Waals surface area contributed by atoms with Gasteiger partial charge in [0.05, 0.1) is 46.9 Å². The van der Waals surface area contributed by atoms with Crippen molar-refractivity contribution in [3.63, 3.8) is 0 Å². The molecule has 0 saturated carbocycles. The molecule has 2 fully saturated rings. The minimum absolute atomic E-state index is 0.0831. The van der Waals surface area contributed by atoms with Gasteiger partial charge in [0, 0.05) is 32.2 Å². The van der Waals surface area contributed by atoms with Gasteiger partial charge in [-0.15, -0.1) is 5.10 Å². The first-order valence-electron chi connectivity index (χ1n) is 11.5. The Morgan fingerprint density at radius 3 is 2.89 bits per heavy atom. The second-order valence-electron chi connectivity index (χ2n) is 8.59. The molecule has 180 valence electrons. The zero-order valence-corrected chi connectivity index (χ0v) is 20.2. The van der Waals surface area contributed by atoms with Gasteiger partial charge in [0.2, 0.25) is 5.95 Å². The molecule has 2 saturated heterocycles. The van der Waals surface area contributed by atoms with Gasteiger partial charge in [-0.05, 0) is 32.5 Å². The monoisotopic (exact) mass is 492 g/mol. The lowest BCUT2D eigenvalue weighted by molar-refractivity contribution is -0.0664. The average Bonchev–Trinajstić information content (AvgIpc) is 3.28. The lowest BCUT2D eigenvalue weighted by Crippen LogP contribution is -2.58. The van der Waals surface area contributed by atoms with Gasteiger partial charge in [0.25, 0.3) is 0 Å². The molecule has 12 heteroatoms. The van der Waals surface area contributed by atoms with Crippen molar-refractivity contribution in [1.29, 1.82) is 10.5 Å². The van der Waals surface area contributed by atoms with E-state index in [4.69, 9.17) is 16.3 Å². The number of fused-ring (bicyclic) bond motifs is 2. The summed E-state index contributed by atoms with van der Waals surface area (Å²) in [5.41, 5.74) is 2.46. The number of nitriles is 2. The van der Waals surface area contributed by atoms with Crippen LogP contribution < -0.4 is 15.5 Å². The van der Waals surface area contributed by atoms with E-state index in [9.17, 15) is 10.5 Å². The number of rotatable bonds is 5. The standard InChI is InChI=1S/C23H25ClN10O/c1-3-27-21-22-28-12-15(11-26)34(22)31-23(30-21)29-16-8-14(10-25)9-18(20(16)24)33-5-4-17-19(13-33)35-7-6-32(17)2/h8-9,12,17,19H,3-7,13H2,1-2H3,(H2,27,29,30,31). The number of nitrogens with one attached hydrogen (secondary N) is 2. The topological polar surface area (TPSA) is 130 Å². The summed E-state index contributed by atoms with van der Waals surface area (Å²) in [5.74, 6) is 0.710. The van der Waals surface area contributed by atoms with Gasteiger partial charge in [0.15, 0.2) is 17.2 Å². The summed E-state index contributed by atoms with van der Waals surface area (Å²) in [7, 11) is 2.14. The van der Waals surface area contributed by atoms with E-state index >= 15 is 0 Å². The van der Waals surface area contributed by atoms with E-state index in [1.807, 2.05) is 6.92 Å². The van der Waals surface area contributed by atoms with Crippen LogP contribution in [0.15, 0.2) is 18.3 Å². The smallest absolute Gasteiger partial charge is 0.247 e. The minimum Gasteiger partial charge on any atom is -0.373 e. The largest absolute Gasteiger partial charge is 0.373 e. The van der Waals surface area contributed by atoms with Crippen LogP contribution in [0.5, 0.6) is 0 Å². The van der Waals surface area contributed by atoms with Crippen LogP contribution in [0.3, 0.4) is 0 Å². The minimum atomic E-state index is 0.0831. The number of likely N-dealkylation sites (N-methyl/N-ethyl adjacent to an activating group) is 1. The second-order valence-corrected chi connectivity index (χ2v) is 8.97. The maximum Gasteiger partial charge on any atom is 0.247 e. The van der Waals surface area contributed by atoms with E-state index < -0.39 is 0 Å². The predicted molar refractivity (Wildman–Crippen MR) is 132 cm³/mol. The van der Waals surface area contributed by atoms with Crippen LogP contribution in [0.1, 0.15) is 24.6 Å². The summed E-state index contributed by atoms with van der Waals surface area (Å²) >= 11 is 6.87. The first kappa shape index (κ1) is 23.1. The zero-order valence-electron chi connectivity index (χ0n) is 19.5. The van der Waals surface area contributed by atoms with Gasteiger partial charge < -0.3 is 20.3 Å². The number of anilines is 4. The molecule has 0 amide bonds. The van der Waals surface area contributed by atoms with Crippen LogP contribution >= 0.6 is 11.6 Å². The van der Waals surface area contributed by atoms with E-state index in [1.165, 1.54) is 10.7 Å². The molecule has 2 aliphatic rings. The molecule has 5 rings (SSSR count). The van der Waals surface area contributed by atoms with Crippen molar-refractivity contribution in [3.05, 3.63) is 34.6 Å². The van der Waals surface area contributed by atoms with Gasteiger partial charge in [0.1, 0.15) is 6.07 Å². The lowest BCUT2D eigenvalue weighted by Gasteiger charge is -2.46. The Labute approximate surface area is 207 Å².